The first-order chi connectivity index (χ1) is 10.9. The van der Waals surface area contributed by atoms with Crippen LogP contribution >= 0.6 is 0 Å². The maximum atomic E-state index is 12.4. The number of aliphatic hydroxyl groups is 1. The third kappa shape index (κ3) is 4.63. The van der Waals surface area contributed by atoms with Crippen LogP contribution in [0.5, 0.6) is 0 Å². The number of hydrogen-bond acceptors (Lipinski definition) is 3. The number of carbonyl (C=O) groups excluding carboxylic acids is 1. The zero-order valence-corrected chi connectivity index (χ0v) is 14.0. The summed E-state index contributed by atoms with van der Waals surface area (Å²) in [6.45, 7) is 6.53. The maximum Gasteiger partial charge on any atom is 0.253 e. The second kappa shape index (κ2) is 7.38. The average Bonchev–Trinajstić information content (AvgIpc) is 2.53. The molecule has 2 N–H and O–H groups in total. The van der Waals surface area contributed by atoms with E-state index in [9.17, 15) is 4.79 Å². The molecule has 0 fully saturated rings. The van der Waals surface area contributed by atoms with E-state index in [1.54, 1.807) is 0 Å². The fourth-order valence-electron chi connectivity index (χ4n) is 2.38. The zero-order valence-electron chi connectivity index (χ0n) is 14.0. The number of rotatable bonds is 6. The molecule has 122 valence electrons. The lowest BCUT2D eigenvalue weighted by Crippen LogP contribution is -2.35. The van der Waals surface area contributed by atoms with Gasteiger partial charge < -0.3 is 10.4 Å². The number of benzene rings is 1. The number of aliphatic hydroxyl groups excluding tert-OH is 1. The first kappa shape index (κ1) is 17.2. The fraction of sp³-hybridized carbons (Fsp3) is 0.368. The van der Waals surface area contributed by atoms with E-state index < -0.39 is 0 Å². The molecule has 4 nitrogen and oxygen atoms in total. The number of nitrogens with zero attached hydrogens (tertiary/aromatic N) is 1. The number of pyridine rings is 1. The van der Waals surface area contributed by atoms with Crippen LogP contribution in [-0.4, -0.2) is 29.1 Å². The van der Waals surface area contributed by atoms with Gasteiger partial charge in [0.2, 0.25) is 0 Å². The second-order valence-corrected chi connectivity index (χ2v) is 6.52. The van der Waals surface area contributed by atoms with Gasteiger partial charge in [-0.2, -0.15) is 0 Å². The lowest BCUT2D eigenvalue weighted by molar-refractivity contribution is 0.0927. The van der Waals surface area contributed by atoms with Crippen LogP contribution in [0.3, 0.4) is 0 Å². The number of hydrogen-bond donors (Lipinski definition) is 2. The van der Waals surface area contributed by atoms with E-state index in [4.69, 9.17) is 5.11 Å². The quantitative estimate of drug-likeness (QED) is 0.861. The lowest BCUT2D eigenvalue weighted by atomic mass is 9.89. The molecule has 1 aromatic carbocycles. The Morgan fingerprint density at radius 3 is 2.48 bits per heavy atom. The summed E-state index contributed by atoms with van der Waals surface area (Å²) in [5.74, 6) is -0.124. The van der Waals surface area contributed by atoms with E-state index >= 15 is 0 Å². The van der Waals surface area contributed by atoms with Crippen LogP contribution in [0.2, 0.25) is 0 Å². The summed E-state index contributed by atoms with van der Waals surface area (Å²) >= 11 is 0. The number of amides is 1. The topological polar surface area (TPSA) is 62.2 Å². The predicted molar refractivity (Wildman–Crippen MR) is 92.2 cm³/mol. The van der Waals surface area contributed by atoms with Crippen molar-refractivity contribution in [1.29, 1.82) is 0 Å². The third-order valence-electron chi connectivity index (χ3n) is 3.92. The largest absolute Gasteiger partial charge is 0.396 e. The van der Waals surface area contributed by atoms with Crippen LogP contribution in [0.4, 0.5) is 0 Å². The minimum atomic E-state index is -0.129. The van der Waals surface area contributed by atoms with Gasteiger partial charge in [-0.15, -0.1) is 0 Å². The molecule has 1 aromatic heterocycles. The van der Waals surface area contributed by atoms with Gasteiger partial charge in [0, 0.05) is 18.7 Å². The summed E-state index contributed by atoms with van der Waals surface area (Å²) < 4.78 is 0. The van der Waals surface area contributed by atoms with Gasteiger partial charge in [-0.05, 0) is 30.9 Å². The Balaban J connectivity index is 2.10. The summed E-state index contributed by atoms with van der Waals surface area (Å²) in [5, 5.41) is 12.0. The van der Waals surface area contributed by atoms with Crippen molar-refractivity contribution in [3.63, 3.8) is 0 Å². The number of carbonyl (C=O) groups is 1. The standard InChI is InChI=1S/C19H24N2O2/c1-14-16(18(23)20-13-19(2,3)11-12-22)9-10-17(21-14)15-7-5-4-6-8-15/h4-10,22H,11-13H2,1-3H3,(H,20,23). The molecule has 0 atom stereocenters. The molecule has 0 aliphatic rings. The summed E-state index contributed by atoms with van der Waals surface area (Å²) in [6, 6.07) is 13.6. The van der Waals surface area contributed by atoms with Crippen molar-refractivity contribution in [1.82, 2.24) is 10.3 Å². The molecule has 0 aliphatic heterocycles. The van der Waals surface area contributed by atoms with E-state index in [0.29, 0.717) is 24.2 Å². The van der Waals surface area contributed by atoms with E-state index in [0.717, 1.165) is 11.3 Å². The van der Waals surface area contributed by atoms with Gasteiger partial charge in [0.1, 0.15) is 0 Å². The third-order valence-corrected chi connectivity index (χ3v) is 3.92. The Kier molecular flexibility index (Phi) is 5.50. The van der Waals surface area contributed by atoms with Gasteiger partial charge in [-0.1, -0.05) is 44.2 Å². The Morgan fingerprint density at radius 2 is 1.87 bits per heavy atom. The van der Waals surface area contributed by atoms with Gasteiger partial charge in [0.25, 0.3) is 5.91 Å². The monoisotopic (exact) mass is 312 g/mol. The highest BCUT2D eigenvalue weighted by molar-refractivity contribution is 5.95. The van der Waals surface area contributed by atoms with Gasteiger partial charge in [0.05, 0.1) is 17.0 Å². The van der Waals surface area contributed by atoms with Crippen LogP contribution in [0, 0.1) is 12.3 Å². The number of nitrogens with one attached hydrogen (secondary N) is 1. The molecule has 0 unspecified atom stereocenters. The van der Waals surface area contributed by atoms with Crippen molar-refractivity contribution in [2.45, 2.75) is 27.2 Å². The van der Waals surface area contributed by atoms with E-state index in [1.165, 1.54) is 0 Å². The van der Waals surface area contributed by atoms with Gasteiger partial charge in [-0.3, -0.25) is 9.78 Å². The molecule has 2 aromatic rings. The van der Waals surface area contributed by atoms with Gasteiger partial charge in [0.15, 0.2) is 0 Å². The summed E-state index contributed by atoms with van der Waals surface area (Å²) in [5.41, 5.74) is 3.07. The molecule has 0 bridgehead atoms. The van der Waals surface area contributed by atoms with E-state index in [2.05, 4.69) is 10.3 Å². The van der Waals surface area contributed by atoms with Gasteiger partial charge >= 0.3 is 0 Å². The first-order valence-electron chi connectivity index (χ1n) is 7.85. The SMILES string of the molecule is Cc1nc(-c2ccccc2)ccc1C(=O)NCC(C)(C)CCO. The minimum absolute atomic E-state index is 0.120. The normalized spacial score (nSPS) is 11.3. The molecule has 0 spiro atoms. The summed E-state index contributed by atoms with van der Waals surface area (Å²) in [7, 11) is 0. The molecular weight excluding hydrogens is 288 g/mol. The maximum absolute atomic E-state index is 12.4. The number of aryl methyl sites for hydroxylation is 1. The smallest absolute Gasteiger partial charge is 0.253 e. The van der Waals surface area contributed by atoms with Crippen molar-refractivity contribution in [2.24, 2.45) is 5.41 Å². The molecule has 2 rings (SSSR count). The Bertz CT molecular complexity index is 666. The number of aromatic nitrogens is 1. The molecule has 23 heavy (non-hydrogen) atoms. The highest BCUT2D eigenvalue weighted by atomic mass is 16.3. The molecule has 0 saturated carbocycles. The van der Waals surface area contributed by atoms with Crippen molar-refractivity contribution < 1.29 is 9.90 Å². The minimum Gasteiger partial charge on any atom is -0.396 e. The highest BCUT2D eigenvalue weighted by Crippen LogP contribution is 2.20. The van der Waals surface area contributed by atoms with Crippen molar-refractivity contribution in [3.8, 4) is 11.3 Å². The second-order valence-electron chi connectivity index (χ2n) is 6.52. The van der Waals surface area contributed by atoms with E-state index in [1.807, 2.05) is 63.2 Å². The molecular formula is C19H24N2O2. The Labute approximate surface area is 137 Å². The molecule has 0 radical (unpaired) electrons. The van der Waals surface area contributed by atoms with Crippen LogP contribution in [0.1, 0.15) is 36.3 Å². The first-order valence-corrected chi connectivity index (χ1v) is 7.85. The van der Waals surface area contributed by atoms with Crippen LogP contribution < -0.4 is 5.32 Å². The Morgan fingerprint density at radius 1 is 1.17 bits per heavy atom. The van der Waals surface area contributed by atoms with Crippen LogP contribution in [0.15, 0.2) is 42.5 Å². The Hall–Kier alpha value is -2.20. The van der Waals surface area contributed by atoms with Crippen LogP contribution in [0.25, 0.3) is 11.3 Å². The fourth-order valence-corrected chi connectivity index (χ4v) is 2.38. The molecule has 0 aliphatic carbocycles. The highest BCUT2D eigenvalue weighted by Gasteiger charge is 2.19. The van der Waals surface area contributed by atoms with E-state index in [-0.39, 0.29) is 17.9 Å². The van der Waals surface area contributed by atoms with Crippen molar-refractivity contribution in [3.05, 3.63) is 53.7 Å². The summed E-state index contributed by atoms with van der Waals surface area (Å²) in [6.07, 6.45) is 0.650. The molecule has 1 amide bonds. The summed E-state index contributed by atoms with van der Waals surface area (Å²) in [4.78, 5) is 16.9. The molecule has 1 heterocycles. The predicted octanol–water partition coefficient (Wildman–Crippen LogP) is 3.20. The average molecular weight is 312 g/mol. The zero-order chi connectivity index (χ0) is 16.9. The van der Waals surface area contributed by atoms with Gasteiger partial charge in [-0.25, -0.2) is 0 Å². The van der Waals surface area contributed by atoms with Crippen molar-refractivity contribution >= 4 is 5.91 Å². The molecule has 0 saturated heterocycles. The molecule has 4 heteroatoms. The van der Waals surface area contributed by atoms with Crippen molar-refractivity contribution in [2.75, 3.05) is 13.2 Å². The lowest BCUT2D eigenvalue weighted by Gasteiger charge is -2.24. The van der Waals surface area contributed by atoms with Crippen LogP contribution in [-0.2, 0) is 0 Å².